The molecule has 0 aromatic heterocycles. The van der Waals surface area contributed by atoms with Crippen molar-refractivity contribution in [1.82, 2.24) is 0 Å². The van der Waals surface area contributed by atoms with E-state index in [0.717, 1.165) is 22.2 Å². The summed E-state index contributed by atoms with van der Waals surface area (Å²) in [4.78, 5) is -0.193. The first kappa shape index (κ1) is 15.0. The van der Waals surface area contributed by atoms with Crippen LogP contribution in [0.5, 0.6) is 5.75 Å². The van der Waals surface area contributed by atoms with Crippen molar-refractivity contribution in [3.63, 3.8) is 0 Å². The first-order chi connectivity index (χ1) is 9.87. The summed E-state index contributed by atoms with van der Waals surface area (Å²) < 4.78 is 20.7. The highest BCUT2D eigenvalue weighted by atomic mass is 79.9. The first-order valence-electron chi connectivity index (χ1n) is 6.77. The molecule has 3 rings (SSSR count). The molecule has 110 valence electrons. The van der Waals surface area contributed by atoms with Crippen LogP contribution < -0.4 is 4.74 Å². The Bertz CT molecular complexity index is 677. The molecule has 0 amide bonds. The number of ether oxygens (including phenoxy) is 1. The van der Waals surface area contributed by atoms with E-state index in [4.69, 9.17) is 4.74 Å². The number of rotatable bonds is 2. The molecular weight excluding hydrogens is 399 g/mol. The van der Waals surface area contributed by atoms with Crippen molar-refractivity contribution >= 4 is 31.9 Å². The van der Waals surface area contributed by atoms with Gasteiger partial charge in [0.2, 0.25) is 0 Å². The highest BCUT2D eigenvalue weighted by Gasteiger charge is 2.30. The van der Waals surface area contributed by atoms with Crippen molar-refractivity contribution in [3.05, 3.63) is 63.4 Å². The van der Waals surface area contributed by atoms with Gasteiger partial charge in [-0.3, -0.25) is 0 Å². The largest absolute Gasteiger partial charge is 0.487 e. The third kappa shape index (κ3) is 2.88. The Morgan fingerprint density at radius 3 is 2.71 bits per heavy atom. The van der Waals surface area contributed by atoms with E-state index in [2.05, 4.69) is 51.8 Å². The molecule has 0 saturated heterocycles. The molecule has 1 heterocycles. The Morgan fingerprint density at radius 1 is 1.24 bits per heavy atom. The van der Waals surface area contributed by atoms with Gasteiger partial charge >= 0.3 is 0 Å². The van der Waals surface area contributed by atoms with Crippen LogP contribution >= 0.6 is 31.9 Å². The van der Waals surface area contributed by atoms with Crippen molar-refractivity contribution in [2.24, 2.45) is 0 Å². The smallest absolute Gasteiger partial charge is 0.129 e. The topological polar surface area (TPSA) is 9.23 Å². The van der Waals surface area contributed by atoms with Crippen LogP contribution in [0.1, 0.15) is 35.4 Å². The third-order valence-corrected chi connectivity index (χ3v) is 5.31. The molecular formula is C17H15Br2FO. The fourth-order valence-corrected chi connectivity index (χ4v) is 4.33. The molecule has 4 heteroatoms. The summed E-state index contributed by atoms with van der Waals surface area (Å²) in [6, 6.07) is 11.1. The maximum absolute atomic E-state index is 14.1. The molecule has 1 nitrogen and oxygen atoms in total. The van der Waals surface area contributed by atoms with Gasteiger partial charge in [-0.25, -0.2) is 4.39 Å². The minimum Gasteiger partial charge on any atom is -0.487 e. The normalized spacial score (nSPS) is 17.2. The Kier molecular flexibility index (Phi) is 3.87. The summed E-state index contributed by atoms with van der Waals surface area (Å²) in [5.41, 5.74) is 2.66. The number of benzene rings is 2. The van der Waals surface area contributed by atoms with E-state index < -0.39 is 0 Å². The number of halogens is 3. The van der Waals surface area contributed by atoms with Crippen LogP contribution in [0.15, 0.2) is 40.9 Å². The van der Waals surface area contributed by atoms with Crippen LogP contribution in [0.3, 0.4) is 0 Å². The van der Waals surface area contributed by atoms with E-state index in [9.17, 15) is 4.39 Å². The standard InChI is InChI=1S/C17H15Br2FO/c1-17(2)9-11-8-10(6-7-14(11)21-17)16(19)15-12(18)4-3-5-13(15)20/h3-8,16H,9H2,1-2H3. The Hall–Kier alpha value is -0.870. The van der Waals surface area contributed by atoms with E-state index >= 15 is 0 Å². The fraction of sp³-hybridized carbons (Fsp3) is 0.294. The lowest BCUT2D eigenvalue weighted by Gasteiger charge is -2.16. The zero-order valence-corrected chi connectivity index (χ0v) is 15.0. The van der Waals surface area contributed by atoms with Gasteiger partial charge in [-0.1, -0.05) is 50.1 Å². The van der Waals surface area contributed by atoms with Crippen molar-refractivity contribution in [2.75, 3.05) is 0 Å². The number of hydrogen-bond donors (Lipinski definition) is 0. The highest BCUT2D eigenvalue weighted by Crippen LogP contribution is 2.41. The van der Waals surface area contributed by atoms with E-state index in [1.807, 2.05) is 18.2 Å². The van der Waals surface area contributed by atoms with Crippen LogP contribution in [0.2, 0.25) is 0 Å². The average Bonchev–Trinajstić information content (AvgIpc) is 2.70. The van der Waals surface area contributed by atoms with Gasteiger partial charge in [0.25, 0.3) is 0 Å². The fourth-order valence-electron chi connectivity index (χ4n) is 2.71. The van der Waals surface area contributed by atoms with Gasteiger partial charge in [0.15, 0.2) is 0 Å². The average molecular weight is 414 g/mol. The number of alkyl halides is 1. The molecule has 0 bridgehead atoms. The first-order valence-corrected chi connectivity index (χ1v) is 8.48. The Labute approximate surface area is 140 Å². The van der Waals surface area contributed by atoms with Crippen molar-refractivity contribution in [3.8, 4) is 5.75 Å². The molecule has 0 saturated carbocycles. The number of fused-ring (bicyclic) bond motifs is 1. The quantitative estimate of drug-likeness (QED) is 0.566. The third-order valence-electron chi connectivity index (χ3n) is 3.63. The van der Waals surface area contributed by atoms with E-state index in [1.54, 1.807) is 6.07 Å². The molecule has 2 aromatic carbocycles. The molecule has 0 spiro atoms. The van der Waals surface area contributed by atoms with Crippen LogP contribution in [0, 0.1) is 5.82 Å². The lowest BCUT2D eigenvalue weighted by atomic mass is 9.97. The molecule has 21 heavy (non-hydrogen) atoms. The monoisotopic (exact) mass is 412 g/mol. The van der Waals surface area contributed by atoms with Crippen LogP contribution in [0.25, 0.3) is 0 Å². The van der Waals surface area contributed by atoms with Crippen molar-refractivity contribution in [2.45, 2.75) is 30.7 Å². The second-order valence-corrected chi connectivity index (χ2v) is 7.67. The van der Waals surface area contributed by atoms with Gasteiger partial charge in [0.05, 0.1) is 4.83 Å². The summed E-state index contributed by atoms with van der Waals surface area (Å²) in [6.07, 6.45) is 0.869. The summed E-state index contributed by atoms with van der Waals surface area (Å²) >= 11 is 7.05. The van der Waals surface area contributed by atoms with Crippen LogP contribution in [-0.2, 0) is 6.42 Å². The van der Waals surface area contributed by atoms with E-state index in [-0.39, 0.29) is 16.2 Å². The van der Waals surface area contributed by atoms with Crippen LogP contribution in [-0.4, -0.2) is 5.60 Å². The maximum atomic E-state index is 14.1. The number of hydrogen-bond acceptors (Lipinski definition) is 1. The second kappa shape index (κ2) is 5.40. The predicted octanol–water partition coefficient (Wildman–Crippen LogP) is 5.79. The van der Waals surface area contributed by atoms with Crippen molar-refractivity contribution < 1.29 is 9.13 Å². The maximum Gasteiger partial charge on any atom is 0.129 e. The molecule has 1 aliphatic heterocycles. The molecule has 0 radical (unpaired) electrons. The van der Waals surface area contributed by atoms with Gasteiger partial charge < -0.3 is 4.74 Å². The molecule has 1 atom stereocenters. The molecule has 1 aliphatic rings. The zero-order chi connectivity index (χ0) is 15.2. The zero-order valence-electron chi connectivity index (χ0n) is 11.8. The molecule has 0 fully saturated rings. The Balaban J connectivity index is 1.99. The lowest BCUT2D eigenvalue weighted by Crippen LogP contribution is -2.24. The van der Waals surface area contributed by atoms with Crippen molar-refractivity contribution in [1.29, 1.82) is 0 Å². The minimum absolute atomic E-state index is 0.165. The molecule has 2 aromatic rings. The van der Waals surface area contributed by atoms with Gasteiger partial charge in [-0.05, 0) is 43.2 Å². The van der Waals surface area contributed by atoms with E-state index in [1.165, 1.54) is 11.6 Å². The van der Waals surface area contributed by atoms with Gasteiger partial charge in [0.1, 0.15) is 17.2 Å². The summed E-state index contributed by atoms with van der Waals surface area (Å²) in [5.74, 6) is 0.708. The summed E-state index contributed by atoms with van der Waals surface area (Å²) in [5, 5.41) is 0. The predicted molar refractivity (Wildman–Crippen MR) is 89.7 cm³/mol. The van der Waals surface area contributed by atoms with Crippen LogP contribution in [0.4, 0.5) is 4.39 Å². The summed E-state index contributed by atoms with van der Waals surface area (Å²) in [6.45, 7) is 4.15. The minimum atomic E-state index is -0.219. The second-order valence-electron chi connectivity index (χ2n) is 5.90. The lowest BCUT2D eigenvalue weighted by molar-refractivity contribution is 0.138. The van der Waals surface area contributed by atoms with Gasteiger partial charge in [-0.2, -0.15) is 0 Å². The Morgan fingerprint density at radius 2 is 2.00 bits per heavy atom. The molecule has 1 unspecified atom stereocenters. The SMILES string of the molecule is CC1(C)Cc2cc(C(Br)c3c(F)cccc3Br)ccc2O1. The molecule has 0 N–H and O–H groups in total. The van der Waals surface area contributed by atoms with Gasteiger partial charge in [0, 0.05) is 16.5 Å². The molecule has 0 aliphatic carbocycles. The summed E-state index contributed by atoms with van der Waals surface area (Å²) in [7, 11) is 0. The highest BCUT2D eigenvalue weighted by molar-refractivity contribution is 9.11. The van der Waals surface area contributed by atoms with Gasteiger partial charge in [-0.15, -0.1) is 0 Å². The van der Waals surface area contributed by atoms with E-state index in [0.29, 0.717) is 5.56 Å².